The van der Waals surface area contributed by atoms with Crippen LogP contribution in [0, 0.1) is 5.41 Å². The SMILES string of the molecule is CCCCCC(=O)NCCc1ccc(S(=O)(=O)NC(=O)C2=CC=C(C(=O)O)N(CC(C)(C)C)C2)cc1. The summed E-state index contributed by atoms with van der Waals surface area (Å²) >= 11 is 0. The lowest BCUT2D eigenvalue weighted by molar-refractivity contribution is -0.134. The van der Waals surface area contributed by atoms with E-state index >= 15 is 0 Å². The number of nitrogens with zero attached hydrogens (tertiary/aromatic N) is 1. The van der Waals surface area contributed by atoms with Crippen molar-refractivity contribution < 1.29 is 27.9 Å². The Kier molecular flexibility index (Phi) is 10.3. The molecule has 1 aromatic rings. The first-order valence-corrected chi connectivity index (χ1v) is 13.6. The number of rotatable bonds is 12. The lowest BCUT2D eigenvalue weighted by atomic mass is 9.94. The Morgan fingerprint density at radius 2 is 1.72 bits per heavy atom. The van der Waals surface area contributed by atoms with Gasteiger partial charge in [0.15, 0.2) is 0 Å². The van der Waals surface area contributed by atoms with E-state index in [2.05, 4.69) is 17.0 Å². The van der Waals surface area contributed by atoms with Crippen molar-refractivity contribution in [1.29, 1.82) is 0 Å². The molecule has 198 valence electrons. The highest BCUT2D eigenvalue weighted by Crippen LogP contribution is 2.23. The number of aliphatic carboxylic acids is 1. The first-order chi connectivity index (χ1) is 16.8. The molecule has 0 aliphatic carbocycles. The Morgan fingerprint density at radius 1 is 1.06 bits per heavy atom. The maximum atomic E-state index is 12.8. The number of carbonyl (C=O) groups is 3. The van der Waals surface area contributed by atoms with Crippen LogP contribution in [0.2, 0.25) is 0 Å². The fraction of sp³-hybridized carbons (Fsp3) is 0.500. The van der Waals surface area contributed by atoms with Crippen LogP contribution in [0.15, 0.2) is 52.6 Å². The smallest absolute Gasteiger partial charge is 0.352 e. The van der Waals surface area contributed by atoms with Crippen LogP contribution >= 0.6 is 0 Å². The fourth-order valence-electron chi connectivity index (χ4n) is 3.75. The normalized spacial score (nSPS) is 14.1. The van der Waals surface area contributed by atoms with Gasteiger partial charge in [-0.05, 0) is 48.1 Å². The summed E-state index contributed by atoms with van der Waals surface area (Å²) in [7, 11) is -4.12. The zero-order valence-corrected chi connectivity index (χ0v) is 22.3. The lowest BCUT2D eigenvalue weighted by Gasteiger charge is -2.34. The molecule has 1 heterocycles. The minimum atomic E-state index is -4.12. The van der Waals surface area contributed by atoms with Crippen LogP contribution in [0.4, 0.5) is 0 Å². The summed E-state index contributed by atoms with van der Waals surface area (Å²) < 4.78 is 27.6. The summed E-state index contributed by atoms with van der Waals surface area (Å²) in [4.78, 5) is 37.6. The van der Waals surface area contributed by atoms with E-state index in [0.29, 0.717) is 25.9 Å². The Labute approximate surface area is 213 Å². The minimum absolute atomic E-state index is 0.00811. The van der Waals surface area contributed by atoms with E-state index < -0.39 is 21.9 Å². The number of hydrogen-bond acceptors (Lipinski definition) is 6. The van der Waals surface area contributed by atoms with Gasteiger partial charge in [-0.1, -0.05) is 52.7 Å². The van der Waals surface area contributed by atoms with E-state index in [1.165, 1.54) is 24.3 Å². The topological polar surface area (TPSA) is 133 Å². The third kappa shape index (κ3) is 9.14. The summed E-state index contributed by atoms with van der Waals surface area (Å²) in [6, 6.07) is 6.12. The summed E-state index contributed by atoms with van der Waals surface area (Å²) in [6.07, 6.45) is 6.65. The molecule has 0 radical (unpaired) electrons. The second-order valence-electron chi connectivity index (χ2n) is 10.1. The number of carbonyl (C=O) groups excluding carboxylic acids is 2. The van der Waals surface area contributed by atoms with E-state index in [4.69, 9.17) is 0 Å². The molecule has 0 unspecified atom stereocenters. The molecule has 36 heavy (non-hydrogen) atoms. The predicted molar refractivity (Wildman–Crippen MR) is 137 cm³/mol. The predicted octanol–water partition coefficient (Wildman–Crippen LogP) is 2.99. The summed E-state index contributed by atoms with van der Waals surface area (Å²) in [6.45, 7) is 8.73. The zero-order chi connectivity index (χ0) is 26.9. The van der Waals surface area contributed by atoms with E-state index in [0.717, 1.165) is 24.8 Å². The molecule has 0 aromatic heterocycles. The Hall–Kier alpha value is -3.14. The maximum absolute atomic E-state index is 12.8. The lowest BCUT2D eigenvalue weighted by Crippen LogP contribution is -2.41. The van der Waals surface area contributed by atoms with Gasteiger partial charge in [0.1, 0.15) is 5.70 Å². The number of carboxylic acids is 1. The average Bonchev–Trinajstić information content (AvgIpc) is 2.78. The van der Waals surface area contributed by atoms with Crippen LogP contribution in [-0.2, 0) is 30.8 Å². The number of benzene rings is 1. The van der Waals surface area contributed by atoms with Crippen LogP contribution in [0.3, 0.4) is 0 Å². The molecule has 0 atom stereocenters. The first-order valence-electron chi connectivity index (χ1n) is 12.1. The molecule has 2 amide bonds. The highest BCUT2D eigenvalue weighted by molar-refractivity contribution is 7.90. The van der Waals surface area contributed by atoms with Crippen molar-refractivity contribution in [3.63, 3.8) is 0 Å². The third-order valence-electron chi connectivity index (χ3n) is 5.52. The number of allylic oxidation sites excluding steroid dienone is 2. The monoisotopic (exact) mass is 519 g/mol. The standard InChI is InChI=1S/C26H37N3O6S/c1-5-6-7-8-23(30)27-16-15-19-9-12-21(13-10-19)36(34,35)28-24(31)20-11-14-22(25(32)33)29(17-20)18-26(2,3)4/h9-14H,5-8,15-18H2,1-4H3,(H,27,30)(H,28,31)(H,32,33). The fourth-order valence-corrected chi connectivity index (χ4v) is 4.74. The zero-order valence-electron chi connectivity index (χ0n) is 21.5. The van der Waals surface area contributed by atoms with Crippen molar-refractivity contribution >= 4 is 27.8 Å². The molecule has 0 spiro atoms. The average molecular weight is 520 g/mol. The molecule has 0 saturated carbocycles. The number of unbranched alkanes of at least 4 members (excludes halogenated alkanes) is 2. The number of nitrogens with one attached hydrogen (secondary N) is 2. The molecule has 1 aliphatic rings. The molecule has 0 bridgehead atoms. The largest absolute Gasteiger partial charge is 0.477 e. The quantitative estimate of drug-likeness (QED) is 0.362. The van der Waals surface area contributed by atoms with Crippen molar-refractivity contribution in [2.45, 2.75) is 64.7 Å². The first kappa shape index (κ1) is 29.1. The van der Waals surface area contributed by atoms with Crippen molar-refractivity contribution in [1.82, 2.24) is 14.9 Å². The molecular weight excluding hydrogens is 482 g/mol. The Balaban J connectivity index is 1.99. The van der Waals surface area contributed by atoms with Gasteiger partial charge < -0.3 is 15.3 Å². The molecular formula is C26H37N3O6S. The molecule has 10 heteroatoms. The van der Waals surface area contributed by atoms with Gasteiger partial charge in [-0.2, -0.15) is 0 Å². The Bertz CT molecular complexity index is 1120. The van der Waals surface area contributed by atoms with E-state index in [1.54, 1.807) is 17.0 Å². The third-order valence-corrected chi connectivity index (χ3v) is 6.87. The number of carboxylic acid groups (broad SMARTS) is 1. The van der Waals surface area contributed by atoms with Gasteiger partial charge in [0.2, 0.25) is 5.91 Å². The van der Waals surface area contributed by atoms with Gasteiger partial charge in [-0.25, -0.2) is 17.9 Å². The molecule has 1 aromatic carbocycles. The van der Waals surface area contributed by atoms with E-state index in [9.17, 15) is 27.9 Å². The van der Waals surface area contributed by atoms with Crippen LogP contribution < -0.4 is 10.0 Å². The van der Waals surface area contributed by atoms with Crippen molar-refractivity contribution in [2.75, 3.05) is 19.6 Å². The number of hydrogen-bond donors (Lipinski definition) is 3. The van der Waals surface area contributed by atoms with Crippen molar-refractivity contribution in [2.24, 2.45) is 5.41 Å². The molecule has 2 rings (SSSR count). The van der Waals surface area contributed by atoms with Crippen LogP contribution in [0.5, 0.6) is 0 Å². The second kappa shape index (κ2) is 12.7. The summed E-state index contributed by atoms with van der Waals surface area (Å²) in [5, 5.41) is 12.3. The van der Waals surface area contributed by atoms with Gasteiger partial charge in [-0.3, -0.25) is 9.59 Å². The summed E-state index contributed by atoms with van der Waals surface area (Å²) in [5.41, 5.74) is 0.823. The Morgan fingerprint density at radius 3 is 2.31 bits per heavy atom. The second-order valence-corrected chi connectivity index (χ2v) is 11.8. The van der Waals surface area contributed by atoms with Gasteiger partial charge in [-0.15, -0.1) is 0 Å². The highest BCUT2D eigenvalue weighted by atomic mass is 32.2. The summed E-state index contributed by atoms with van der Waals surface area (Å²) in [5.74, 6) is -1.91. The maximum Gasteiger partial charge on any atom is 0.352 e. The van der Waals surface area contributed by atoms with Crippen molar-refractivity contribution in [3.8, 4) is 0 Å². The van der Waals surface area contributed by atoms with Crippen molar-refractivity contribution in [3.05, 3.63) is 53.3 Å². The molecule has 0 fully saturated rings. The molecule has 3 N–H and O–H groups in total. The molecule has 1 aliphatic heterocycles. The van der Waals surface area contributed by atoms with E-state index in [-0.39, 0.29) is 34.0 Å². The van der Waals surface area contributed by atoms with Gasteiger partial charge in [0, 0.05) is 31.6 Å². The highest BCUT2D eigenvalue weighted by Gasteiger charge is 2.29. The van der Waals surface area contributed by atoms with Gasteiger partial charge >= 0.3 is 5.97 Å². The van der Waals surface area contributed by atoms with Crippen LogP contribution in [0.1, 0.15) is 58.9 Å². The van der Waals surface area contributed by atoms with Crippen LogP contribution in [-0.4, -0.2) is 55.8 Å². The van der Waals surface area contributed by atoms with Gasteiger partial charge in [0.25, 0.3) is 15.9 Å². The van der Waals surface area contributed by atoms with Gasteiger partial charge in [0.05, 0.1) is 4.90 Å². The number of sulfonamides is 1. The molecule has 0 saturated heterocycles. The van der Waals surface area contributed by atoms with E-state index in [1.807, 2.05) is 20.8 Å². The molecule has 9 nitrogen and oxygen atoms in total. The number of amides is 2. The minimum Gasteiger partial charge on any atom is -0.477 e. The van der Waals surface area contributed by atoms with Crippen LogP contribution in [0.25, 0.3) is 0 Å².